The van der Waals surface area contributed by atoms with Crippen molar-refractivity contribution in [2.75, 3.05) is 18.4 Å². The first-order chi connectivity index (χ1) is 15.2. The number of aryl methyl sites for hydroxylation is 1. The van der Waals surface area contributed by atoms with Gasteiger partial charge in [-0.05, 0) is 64.3 Å². The van der Waals surface area contributed by atoms with E-state index in [2.05, 4.69) is 5.32 Å². The Bertz CT molecular complexity index is 1120. The summed E-state index contributed by atoms with van der Waals surface area (Å²) < 4.78 is 7.44. The molecule has 168 valence electrons. The number of fused-ring (bicyclic) bond motifs is 1. The van der Waals surface area contributed by atoms with Gasteiger partial charge in [0.05, 0.1) is 5.69 Å². The lowest BCUT2D eigenvalue weighted by molar-refractivity contribution is -0.121. The third-order valence-corrected chi connectivity index (χ3v) is 5.64. The first kappa shape index (κ1) is 21.9. The Balaban J connectivity index is 1.34. The summed E-state index contributed by atoms with van der Waals surface area (Å²) in [6.45, 7) is 8.66. The van der Waals surface area contributed by atoms with Gasteiger partial charge in [-0.2, -0.15) is 0 Å². The number of piperidine rings is 1. The molecule has 0 radical (unpaired) electrons. The number of rotatable bonds is 3. The number of anilines is 1. The van der Waals surface area contributed by atoms with Crippen LogP contribution in [0.4, 0.5) is 10.5 Å². The summed E-state index contributed by atoms with van der Waals surface area (Å²) >= 11 is 0. The van der Waals surface area contributed by atoms with Crippen LogP contribution < -0.4 is 5.32 Å². The molecule has 1 aromatic carbocycles. The zero-order valence-electron chi connectivity index (χ0n) is 19.1. The molecule has 32 heavy (non-hydrogen) atoms. The zero-order valence-corrected chi connectivity index (χ0v) is 19.1. The van der Waals surface area contributed by atoms with Gasteiger partial charge in [0.1, 0.15) is 11.2 Å². The summed E-state index contributed by atoms with van der Waals surface area (Å²) in [5.41, 5.74) is 4.20. The van der Waals surface area contributed by atoms with E-state index < -0.39 is 5.60 Å². The van der Waals surface area contributed by atoms with Crippen LogP contribution >= 0.6 is 0 Å². The molecule has 2 amide bonds. The summed E-state index contributed by atoms with van der Waals surface area (Å²) in [5, 5.41) is 3.01. The number of ether oxygens (including phenoxy) is 1. The molecule has 0 aliphatic carbocycles. The number of hydrogen-bond acceptors (Lipinski definition) is 4. The van der Waals surface area contributed by atoms with Crippen LogP contribution in [0.2, 0.25) is 0 Å². The maximum absolute atomic E-state index is 12.7. The molecular weight excluding hydrogens is 404 g/mol. The molecule has 0 saturated carbocycles. The van der Waals surface area contributed by atoms with Gasteiger partial charge in [-0.25, -0.2) is 9.78 Å². The van der Waals surface area contributed by atoms with Crippen LogP contribution in [0, 0.1) is 12.8 Å². The van der Waals surface area contributed by atoms with Gasteiger partial charge >= 0.3 is 6.09 Å². The number of hydrogen-bond donors (Lipinski definition) is 1. The standard InChI is InChI=1S/C25H30N4O3/c1-17-6-5-13-29-16-21(27-22(17)29)18-7-9-20(10-8-18)26-23(30)19-11-14-28(15-12-19)24(31)32-25(2,3)4/h5-10,13,16,19H,11-12,14-15H2,1-4H3,(H,26,30). The highest BCUT2D eigenvalue weighted by molar-refractivity contribution is 5.93. The summed E-state index contributed by atoms with van der Waals surface area (Å²) in [6.07, 6.45) is 4.94. The highest BCUT2D eigenvalue weighted by atomic mass is 16.6. The molecule has 2 aromatic heterocycles. The number of benzene rings is 1. The average Bonchev–Trinajstić information content (AvgIpc) is 3.19. The number of pyridine rings is 1. The van der Waals surface area contributed by atoms with Gasteiger partial charge in [0.2, 0.25) is 5.91 Å². The summed E-state index contributed by atoms with van der Waals surface area (Å²) in [7, 11) is 0. The summed E-state index contributed by atoms with van der Waals surface area (Å²) in [4.78, 5) is 31.3. The van der Waals surface area contributed by atoms with Gasteiger partial charge in [-0.15, -0.1) is 0 Å². The van der Waals surface area contributed by atoms with Crippen LogP contribution in [0.15, 0.2) is 48.8 Å². The second-order valence-corrected chi connectivity index (χ2v) is 9.36. The quantitative estimate of drug-likeness (QED) is 0.636. The predicted molar refractivity (Wildman–Crippen MR) is 125 cm³/mol. The molecule has 1 fully saturated rings. The number of nitrogens with one attached hydrogen (secondary N) is 1. The zero-order chi connectivity index (χ0) is 22.9. The van der Waals surface area contributed by atoms with E-state index in [1.165, 1.54) is 0 Å². The Morgan fingerprint density at radius 3 is 2.41 bits per heavy atom. The monoisotopic (exact) mass is 434 g/mol. The molecule has 3 aromatic rings. The van der Waals surface area contributed by atoms with Crippen LogP contribution in [0.3, 0.4) is 0 Å². The van der Waals surface area contributed by atoms with Crippen LogP contribution in [-0.4, -0.2) is 45.0 Å². The second kappa shape index (κ2) is 8.65. The van der Waals surface area contributed by atoms with Gasteiger partial charge in [0.15, 0.2) is 0 Å². The van der Waals surface area contributed by atoms with Crippen molar-refractivity contribution in [2.24, 2.45) is 5.92 Å². The molecule has 0 atom stereocenters. The van der Waals surface area contributed by atoms with E-state index in [1.54, 1.807) is 4.90 Å². The van der Waals surface area contributed by atoms with Crippen molar-refractivity contribution in [3.8, 4) is 11.3 Å². The number of carbonyl (C=O) groups is 2. The fraction of sp³-hybridized carbons (Fsp3) is 0.400. The number of aromatic nitrogens is 2. The van der Waals surface area contributed by atoms with E-state index >= 15 is 0 Å². The lowest BCUT2D eigenvalue weighted by Gasteiger charge is -2.32. The lowest BCUT2D eigenvalue weighted by atomic mass is 9.96. The Morgan fingerprint density at radius 1 is 1.09 bits per heavy atom. The maximum atomic E-state index is 12.7. The fourth-order valence-corrected chi connectivity index (χ4v) is 3.91. The normalized spacial score (nSPS) is 15.1. The highest BCUT2D eigenvalue weighted by Gasteiger charge is 2.29. The van der Waals surface area contributed by atoms with Crippen LogP contribution in [-0.2, 0) is 9.53 Å². The van der Waals surface area contributed by atoms with Crippen LogP contribution in [0.5, 0.6) is 0 Å². The van der Waals surface area contributed by atoms with Crippen molar-refractivity contribution in [1.82, 2.24) is 14.3 Å². The van der Waals surface area contributed by atoms with Crippen molar-refractivity contribution in [3.05, 3.63) is 54.4 Å². The Hall–Kier alpha value is -3.35. The smallest absolute Gasteiger partial charge is 0.410 e. The van der Waals surface area contributed by atoms with E-state index in [0.717, 1.165) is 28.2 Å². The van der Waals surface area contributed by atoms with Crippen molar-refractivity contribution in [1.29, 1.82) is 0 Å². The highest BCUT2D eigenvalue weighted by Crippen LogP contribution is 2.24. The van der Waals surface area contributed by atoms with Crippen LogP contribution in [0.1, 0.15) is 39.2 Å². The number of amides is 2. The maximum Gasteiger partial charge on any atom is 0.410 e. The largest absolute Gasteiger partial charge is 0.444 e. The molecule has 1 aliphatic rings. The Kier molecular flexibility index (Phi) is 5.91. The van der Waals surface area contributed by atoms with E-state index in [-0.39, 0.29) is 17.9 Å². The summed E-state index contributed by atoms with van der Waals surface area (Å²) in [6, 6.07) is 11.8. The molecule has 7 nitrogen and oxygen atoms in total. The van der Waals surface area contributed by atoms with E-state index in [0.29, 0.717) is 25.9 Å². The Morgan fingerprint density at radius 2 is 1.78 bits per heavy atom. The first-order valence-electron chi connectivity index (χ1n) is 11.0. The molecule has 3 heterocycles. The minimum atomic E-state index is -0.514. The van der Waals surface area contributed by atoms with Crippen molar-refractivity contribution < 1.29 is 14.3 Å². The third-order valence-electron chi connectivity index (χ3n) is 5.64. The molecule has 0 spiro atoms. The molecular formula is C25H30N4O3. The van der Waals surface area contributed by atoms with Gasteiger partial charge in [0.25, 0.3) is 0 Å². The topological polar surface area (TPSA) is 75.9 Å². The minimum absolute atomic E-state index is 0.00931. The van der Waals surface area contributed by atoms with Crippen molar-refractivity contribution in [3.63, 3.8) is 0 Å². The van der Waals surface area contributed by atoms with Gasteiger partial charge in [-0.3, -0.25) is 4.79 Å². The predicted octanol–water partition coefficient (Wildman–Crippen LogP) is 4.90. The molecule has 0 bridgehead atoms. The molecule has 1 aliphatic heterocycles. The SMILES string of the molecule is Cc1cccn2cc(-c3ccc(NC(=O)C4CCN(C(=O)OC(C)(C)C)CC4)cc3)nc12. The van der Waals surface area contributed by atoms with Gasteiger partial charge in [-0.1, -0.05) is 18.2 Å². The van der Waals surface area contributed by atoms with Crippen molar-refractivity contribution in [2.45, 2.75) is 46.1 Å². The molecule has 0 unspecified atom stereocenters. The molecule has 1 N–H and O–H groups in total. The number of nitrogens with zero attached hydrogens (tertiary/aromatic N) is 3. The van der Waals surface area contributed by atoms with Crippen molar-refractivity contribution >= 4 is 23.3 Å². The molecule has 7 heteroatoms. The van der Waals surface area contributed by atoms with E-state index in [4.69, 9.17) is 9.72 Å². The lowest BCUT2D eigenvalue weighted by Crippen LogP contribution is -2.43. The Labute approximate surface area is 188 Å². The summed E-state index contributed by atoms with van der Waals surface area (Å²) in [5.74, 6) is -0.125. The number of carbonyl (C=O) groups excluding carboxylic acids is 2. The number of likely N-dealkylation sites (tertiary alicyclic amines) is 1. The number of imidazole rings is 1. The van der Waals surface area contributed by atoms with Gasteiger partial charge in [0, 0.05) is 42.7 Å². The fourth-order valence-electron chi connectivity index (χ4n) is 3.91. The first-order valence-corrected chi connectivity index (χ1v) is 11.0. The van der Waals surface area contributed by atoms with Crippen LogP contribution in [0.25, 0.3) is 16.9 Å². The minimum Gasteiger partial charge on any atom is -0.444 e. The van der Waals surface area contributed by atoms with Gasteiger partial charge < -0.3 is 19.4 Å². The molecule has 1 saturated heterocycles. The van der Waals surface area contributed by atoms with E-state index in [9.17, 15) is 9.59 Å². The third kappa shape index (κ3) is 4.93. The van der Waals surface area contributed by atoms with E-state index in [1.807, 2.05) is 80.9 Å². The second-order valence-electron chi connectivity index (χ2n) is 9.36. The average molecular weight is 435 g/mol. The molecule has 4 rings (SSSR count).